The first kappa shape index (κ1) is 17.7. The lowest BCUT2D eigenvalue weighted by Gasteiger charge is -2.16. The predicted molar refractivity (Wildman–Crippen MR) is 82.5 cm³/mol. The molecule has 5 nitrogen and oxygen atoms in total. The highest BCUT2D eigenvalue weighted by molar-refractivity contribution is 7.89. The fourth-order valence-electron chi connectivity index (χ4n) is 1.63. The van der Waals surface area contributed by atoms with Gasteiger partial charge < -0.3 is 5.32 Å². The maximum atomic E-state index is 12.2. The summed E-state index contributed by atoms with van der Waals surface area (Å²) in [6.07, 6.45) is 0.978. The number of rotatable bonds is 7. The van der Waals surface area contributed by atoms with Crippen LogP contribution in [-0.2, 0) is 16.6 Å². The third-order valence-corrected chi connectivity index (χ3v) is 4.70. The number of hydrazine groups is 1. The van der Waals surface area contributed by atoms with Crippen molar-refractivity contribution in [3.05, 3.63) is 27.7 Å². The zero-order chi connectivity index (χ0) is 15.3. The Balaban J connectivity index is 3.14. The molecule has 0 aromatic heterocycles. The van der Waals surface area contributed by atoms with Crippen LogP contribution in [0.3, 0.4) is 0 Å². The Morgan fingerprint density at radius 1 is 1.25 bits per heavy atom. The number of nitrogens with one attached hydrogen (secondary N) is 2. The van der Waals surface area contributed by atoms with Crippen molar-refractivity contribution in [2.24, 2.45) is 0 Å². The van der Waals surface area contributed by atoms with Crippen molar-refractivity contribution in [3.63, 3.8) is 0 Å². The third kappa shape index (κ3) is 4.87. The van der Waals surface area contributed by atoms with Gasteiger partial charge in [0.2, 0.25) is 0 Å². The minimum Gasteiger partial charge on any atom is -0.313 e. The third-order valence-electron chi connectivity index (χ3n) is 2.41. The molecular formula is C12H19Cl2N3O2S. The van der Waals surface area contributed by atoms with E-state index >= 15 is 0 Å². The molecule has 0 spiro atoms. The van der Waals surface area contributed by atoms with Crippen LogP contribution in [0.2, 0.25) is 10.0 Å². The summed E-state index contributed by atoms with van der Waals surface area (Å²) >= 11 is 12.2. The van der Waals surface area contributed by atoms with E-state index in [4.69, 9.17) is 23.2 Å². The van der Waals surface area contributed by atoms with Gasteiger partial charge in [0.1, 0.15) is 4.90 Å². The first-order chi connectivity index (χ1) is 9.27. The quantitative estimate of drug-likeness (QED) is 0.590. The Hall–Kier alpha value is -0.370. The van der Waals surface area contributed by atoms with Crippen LogP contribution in [0.15, 0.2) is 17.0 Å². The van der Waals surface area contributed by atoms with Crippen LogP contribution in [0.5, 0.6) is 0 Å². The van der Waals surface area contributed by atoms with Gasteiger partial charge in [0.15, 0.2) is 0 Å². The molecule has 0 heterocycles. The van der Waals surface area contributed by atoms with Crippen molar-refractivity contribution < 1.29 is 8.42 Å². The van der Waals surface area contributed by atoms with Gasteiger partial charge in [-0.05, 0) is 30.7 Å². The lowest BCUT2D eigenvalue weighted by molar-refractivity contribution is 0.364. The average Bonchev–Trinajstić information content (AvgIpc) is 2.31. The van der Waals surface area contributed by atoms with Gasteiger partial charge in [0.05, 0.1) is 5.02 Å². The molecule has 0 bridgehead atoms. The molecule has 8 heteroatoms. The predicted octanol–water partition coefficient (Wildman–Crippen LogP) is 2.25. The molecule has 0 saturated heterocycles. The molecular weight excluding hydrogens is 321 g/mol. The lowest BCUT2D eigenvalue weighted by Crippen LogP contribution is -2.36. The van der Waals surface area contributed by atoms with E-state index in [-0.39, 0.29) is 9.92 Å². The molecule has 1 aromatic rings. The summed E-state index contributed by atoms with van der Waals surface area (Å²) in [5.41, 5.74) is 0.659. The molecule has 0 amide bonds. The van der Waals surface area contributed by atoms with E-state index in [0.29, 0.717) is 17.1 Å². The van der Waals surface area contributed by atoms with E-state index in [2.05, 4.69) is 10.1 Å². The molecule has 0 aliphatic rings. The SMILES string of the molecule is CCCNCc1cc(Cl)cc(S(=O)(=O)NN(C)C)c1Cl. The van der Waals surface area contributed by atoms with Gasteiger partial charge in [0.25, 0.3) is 10.0 Å². The molecule has 0 fully saturated rings. The fourth-order valence-corrected chi connectivity index (χ4v) is 3.65. The minimum atomic E-state index is -3.73. The molecule has 0 aliphatic heterocycles. The number of halogens is 2. The average molecular weight is 340 g/mol. The Morgan fingerprint density at radius 2 is 1.90 bits per heavy atom. The van der Waals surface area contributed by atoms with E-state index in [1.54, 1.807) is 20.2 Å². The largest absolute Gasteiger partial charge is 0.313 e. The molecule has 0 aliphatic carbocycles. The summed E-state index contributed by atoms with van der Waals surface area (Å²) < 4.78 is 24.4. The fraction of sp³-hybridized carbons (Fsp3) is 0.500. The van der Waals surface area contributed by atoms with E-state index in [1.165, 1.54) is 11.1 Å². The molecule has 0 unspecified atom stereocenters. The molecule has 2 N–H and O–H groups in total. The summed E-state index contributed by atoms with van der Waals surface area (Å²) in [6, 6.07) is 3.01. The number of nitrogens with zero attached hydrogens (tertiary/aromatic N) is 1. The van der Waals surface area contributed by atoms with Gasteiger partial charge in [-0.25, -0.2) is 13.4 Å². The summed E-state index contributed by atoms with van der Waals surface area (Å²) in [4.78, 5) is 2.32. The molecule has 20 heavy (non-hydrogen) atoms. The number of hydrogen-bond donors (Lipinski definition) is 2. The van der Waals surface area contributed by atoms with E-state index in [9.17, 15) is 8.42 Å². The first-order valence-electron chi connectivity index (χ1n) is 6.16. The molecule has 114 valence electrons. The summed E-state index contributed by atoms with van der Waals surface area (Å²) in [7, 11) is -0.568. The van der Waals surface area contributed by atoms with E-state index < -0.39 is 10.0 Å². The first-order valence-corrected chi connectivity index (χ1v) is 8.40. The van der Waals surface area contributed by atoms with Crippen LogP contribution in [0.25, 0.3) is 0 Å². The van der Waals surface area contributed by atoms with Gasteiger partial charge in [-0.1, -0.05) is 30.1 Å². The second-order valence-corrected chi connectivity index (χ2v) is 6.99. The Kier molecular flexibility index (Phi) is 6.71. The van der Waals surface area contributed by atoms with Gasteiger partial charge >= 0.3 is 0 Å². The highest BCUT2D eigenvalue weighted by atomic mass is 35.5. The van der Waals surface area contributed by atoms with Crippen LogP contribution in [0.4, 0.5) is 0 Å². The molecule has 1 aromatic carbocycles. The van der Waals surface area contributed by atoms with Gasteiger partial charge in [0, 0.05) is 25.7 Å². The molecule has 0 radical (unpaired) electrons. The molecule has 1 rings (SSSR count). The Labute approximate surface area is 130 Å². The Morgan fingerprint density at radius 3 is 2.45 bits per heavy atom. The van der Waals surface area contributed by atoms with Crippen LogP contribution < -0.4 is 10.1 Å². The van der Waals surface area contributed by atoms with E-state index in [0.717, 1.165) is 13.0 Å². The zero-order valence-electron chi connectivity index (χ0n) is 11.7. The summed E-state index contributed by atoms with van der Waals surface area (Å²) in [6.45, 7) is 3.34. The van der Waals surface area contributed by atoms with Crippen molar-refractivity contribution >= 4 is 33.2 Å². The lowest BCUT2D eigenvalue weighted by atomic mass is 10.2. The van der Waals surface area contributed by atoms with Crippen LogP contribution in [0.1, 0.15) is 18.9 Å². The Bertz CT molecular complexity index is 562. The molecule has 0 saturated carbocycles. The maximum Gasteiger partial charge on any atom is 0.254 e. The smallest absolute Gasteiger partial charge is 0.254 e. The van der Waals surface area contributed by atoms with Gasteiger partial charge in [-0.15, -0.1) is 4.83 Å². The maximum absolute atomic E-state index is 12.2. The highest BCUT2D eigenvalue weighted by Gasteiger charge is 2.21. The standard InChI is InChI=1S/C12H19Cl2N3O2S/c1-4-5-15-8-9-6-10(13)7-11(12(9)14)20(18,19)16-17(2)3/h6-7,15-16H,4-5,8H2,1-3H3. The van der Waals surface area contributed by atoms with Crippen molar-refractivity contribution in [1.29, 1.82) is 0 Å². The number of hydrogen-bond acceptors (Lipinski definition) is 4. The van der Waals surface area contributed by atoms with E-state index in [1.807, 2.05) is 6.92 Å². The van der Waals surface area contributed by atoms with Crippen LogP contribution >= 0.6 is 23.2 Å². The van der Waals surface area contributed by atoms with Crippen molar-refractivity contribution in [2.45, 2.75) is 24.8 Å². The van der Waals surface area contributed by atoms with Crippen molar-refractivity contribution in [1.82, 2.24) is 15.2 Å². The number of benzene rings is 1. The summed E-state index contributed by atoms with van der Waals surface area (Å²) in [5.74, 6) is 0. The normalized spacial score (nSPS) is 12.1. The second-order valence-electron chi connectivity index (χ2n) is 4.54. The van der Waals surface area contributed by atoms with Crippen LogP contribution in [0, 0.1) is 0 Å². The number of sulfonamides is 1. The topological polar surface area (TPSA) is 61.4 Å². The zero-order valence-corrected chi connectivity index (χ0v) is 14.0. The van der Waals surface area contributed by atoms with Gasteiger partial charge in [-0.3, -0.25) is 0 Å². The summed E-state index contributed by atoms with van der Waals surface area (Å²) in [5, 5.41) is 5.03. The van der Waals surface area contributed by atoms with Crippen molar-refractivity contribution in [2.75, 3.05) is 20.6 Å². The van der Waals surface area contributed by atoms with Gasteiger partial charge in [-0.2, -0.15) is 0 Å². The van der Waals surface area contributed by atoms with Crippen LogP contribution in [-0.4, -0.2) is 34.1 Å². The minimum absolute atomic E-state index is 0.0198. The van der Waals surface area contributed by atoms with Crippen molar-refractivity contribution in [3.8, 4) is 0 Å². The highest BCUT2D eigenvalue weighted by Crippen LogP contribution is 2.29. The second kappa shape index (κ2) is 7.59. The molecule has 0 atom stereocenters. The monoisotopic (exact) mass is 339 g/mol.